The molecular formula is C21H21F2N7O3S. The van der Waals surface area contributed by atoms with Crippen molar-refractivity contribution in [2.24, 2.45) is 9.98 Å². The molecule has 2 heterocycles. The molecule has 13 heteroatoms. The molecule has 1 amide bonds. The van der Waals surface area contributed by atoms with E-state index < -0.39 is 34.6 Å². The topological polar surface area (TPSA) is 129 Å². The van der Waals surface area contributed by atoms with Gasteiger partial charge >= 0.3 is 0 Å². The van der Waals surface area contributed by atoms with Gasteiger partial charge in [-0.2, -0.15) is 0 Å². The van der Waals surface area contributed by atoms with Crippen molar-refractivity contribution in [1.29, 1.82) is 0 Å². The summed E-state index contributed by atoms with van der Waals surface area (Å²) in [6.07, 6.45) is 3.65. The van der Waals surface area contributed by atoms with Crippen molar-refractivity contribution in [3.8, 4) is 11.3 Å². The van der Waals surface area contributed by atoms with Crippen LogP contribution in [0.15, 0.2) is 64.6 Å². The number of halogens is 2. The van der Waals surface area contributed by atoms with Crippen LogP contribution < -0.4 is 10.0 Å². The molecule has 178 valence electrons. The van der Waals surface area contributed by atoms with E-state index in [2.05, 4.69) is 36.7 Å². The van der Waals surface area contributed by atoms with Gasteiger partial charge in [-0.15, -0.1) is 0 Å². The Balaban J connectivity index is 1.85. The largest absolute Gasteiger partial charge is 0.336 e. The van der Waals surface area contributed by atoms with Gasteiger partial charge in [0.15, 0.2) is 5.82 Å². The summed E-state index contributed by atoms with van der Waals surface area (Å²) in [5.41, 5.74) is 1.50. The maximum absolute atomic E-state index is 13.1. The number of aromatic nitrogens is 2. The van der Waals surface area contributed by atoms with E-state index in [1.807, 2.05) is 0 Å². The molecular weight excluding hydrogens is 468 g/mol. The zero-order valence-electron chi connectivity index (χ0n) is 18.0. The minimum atomic E-state index is -3.50. The molecule has 1 aromatic heterocycles. The smallest absolute Gasteiger partial charge is 0.281 e. The first-order valence-electron chi connectivity index (χ1n) is 9.79. The van der Waals surface area contributed by atoms with Crippen LogP contribution in [0.2, 0.25) is 0 Å². The predicted molar refractivity (Wildman–Crippen MR) is 126 cm³/mol. The number of benzene rings is 1. The van der Waals surface area contributed by atoms with Crippen molar-refractivity contribution in [2.45, 2.75) is 6.43 Å². The number of allylic oxidation sites excluding steroid dienone is 1. The molecule has 0 bridgehead atoms. The highest BCUT2D eigenvalue weighted by atomic mass is 32.2. The second kappa shape index (κ2) is 10.9. The monoisotopic (exact) mass is 489 g/mol. The number of nitrogens with zero attached hydrogens (tertiary/aromatic N) is 5. The van der Waals surface area contributed by atoms with Gasteiger partial charge in [-0.05, 0) is 24.9 Å². The molecule has 0 saturated carbocycles. The number of carbonyl (C=O) groups is 1. The Labute approximate surface area is 194 Å². The third kappa shape index (κ3) is 6.83. The standard InChI is InChI=1S/C21H21F2N7O3S/c1-24-11-18(30-9-8-25-17(13-30)20(22)23)21-26-7-6-16(29-21)14-4-3-5-15(10-14)28-19(31)12-27-34(2,32)33/h3-8,10-11,13,20,27H,1,9,12H2,2H3,(H,28,31)/b18-11-. The average molecular weight is 490 g/mol. The molecule has 34 heavy (non-hydrogen) atoms. The molecule has 0 aliphatic carbocycles. The van der Waals surface area contributed by atoms with Crippen LogP contribution in [0.3, 0.4) is 0 Å². The van der Waals surface area contributed by atoms with E-state index in [-0.39, 0.29) is 12.4 Å². The number of nitrogens with one attached hydrogen (secondary N) is 2. The number of sulfonamides is 1. The van der Waals surface area contributed by atoms with Crippen molar-refractivity contribution >= 4 is 40.2 Å². The molecule has 0 unspecified atom stereocenters. The fourth-order valence-corrected chi connectivity index (χ4v) is 3.30. The lowest BCUT2D eigenvalue weighted by Gasteiger charge is -2.24. The van der Waals surface area contributed by atoms with Crippen LogP contribution in [-0.2, 0) is 14.8 Å². The van der Waals surface area contributed by atoms with Crippen molar-refractivity contribution in [1.82, 2.24) is 19.6 Å². The fraction of sp³-hybridized carbons (Fsp3) is 0.190. The van der Waals surface area contributed by atoms with Crippen molar-refractivity contribution < 1.29 is 22.0 Å². The zero-order chi connectivity index (χ0) is 24.7. The van der Waals surface area contributed by atoms with Crippen molar-refractivity contribution in [2.75, 3.05) is 24.7 Å². The number of anilines is 1. The Bertz CT molecular complexity index is 1280. The Morgan fingerprint density at radius 2 is 2.15 bits per heavy atom. The number of carbonyl (C=O) groups excluding carboxylic acids is 1. The number of hydrogen-bond donors (Lipinski definition) is 2. The van der Waals surface area contributed by atoms with E-state index in [1.54, 1.807) is 30.3 Å². The van der Waals surface area contributed by atoms with Crippen LogP contribution in [-0.4, -0.2) is 67.9 Å². The lowest BCUT2D eigenvalue weighted by Crippen LogP contribution is -2.32. The van der Waals surface area contributed by atoms with Crippen LogP contribution in [0.5, 0.6) is 0 Å². The van der Waals surface area contributed by atoms with Crippen molar-refractivity contribution in [3.63, 3.8) is 0 Å². The Hall–Kier alpha value is -3.84. The predicted octanol–water partition coefficient (Wildman–Crippen LogP) is 2.12. The van der Waals surface area contributed by atoms with E-state index >= 15 is 0 Å². The van der Waals surface area contributed by atoms with Crippen molar-refractivity contribution in [3.05, 3.63) is 60.5 Å². The molecule has 0 radical (unpaired) electrons. The summed E-state index contributed by atoms with van der Waals surface area (Å²) >= 11 is 0. The number of aliphatic imine (C=N–C) groups is 2. The average Bonchev–Trinajstić information content (AvgIpc) is 2.81. The third-order valence-electron chi connectivity index (χ3n) is 4.38. The van der Waals surface area contributed by atoms with Gasteiger partial charge in [0, 0.05) is 29.9 Å². The molecule has 1 aromatic carbocycles. The summed E-state index contributed by atoms with van der Waals surface area (Å²) in [5.74, 6) is -0.321. The molecule has 2 N–H and O–H groups in total. The quantitative estimate of drug-likeness (QED) is 0.519. The highest BCUT2D eigenvalue weighted by molar-refractivity contribution is 7.88. The van der Waals surface area contributed by atoms with Gasteiger partial charge in [0.25, 0.3) is 6.43 Å². The molecule has 1 aliphatic heterocycles. The van der Waals surface area contributed by atoms with Crippen LogP contribution in [0, 0.1) is 0 Å². The molecule has 3 rings (SSSR count). The summed E-state index contributed by atoms with van der Waals surface area (Å²) in [5, 5.41) is 2.60. The molecule has 0 saturated heterocycles. The number of hydrogen-bond acceptors (Lipinski definition) is 8. The summed E-state index contributed by atoms with van der Waals surface area (Å²) in [4.78, 5) is 29.7. The lowest BCUT2D eigenvalue weighted by molar-refractivity contribution is -0.115. The summed E-state index contributed by atoms with van der Waals surface area (Å²) in [6, 6.07) is 8.39. The van der Waals surface area contributed by atoms with Crippen LogP contribution in [0.25, 0.3) is 17.0 Å². The minimum absolute atomic E-state index is 0.216. The molecule has 10 nitrogen and oxygen atoms in total. The maximum Gasteiger partial charge on any atom is 0.281 e. The Kier molecular flexibility index (Phi) is 7.91. The van der Waals surface area contributed by atoms with Crippen LogP contribution in [0.1, 0.15) is 5.82 Å². The molecule has 0 fully saturated rings. The Morgan fingerprint density at radius 3 is 2.85 bits per heavy atom. The van der Waals surface area contributed by atoms with E-state index in [0.717, 1.165) is 6.26 Å². The fourth-order valence-electron chi connectivity index (χ4n) is 2.91. The highest BCUT2D eigenvalue weighted by Gasteiger charge is 2.20. The number of amides is 1. The molecule has 0 atom stereocenters. The lowest BCUT2D eigenvalue weighted by atomic mass is 10.1. The van der Waals surface area contributed by atoms with Gasteiger partial charge < -0.3 is 10.2 Å². The molecule has 0 spiro atoms. The maximum atomic E-state index is 13.1. The first kappa shape index (κ1) is 24.8. The van der Waals surface area contributed by atoms with Gasteiger partial charge in [-0.1, -0.05) is 12.1 Å². The van der Waals surface area contributed by atoms with Gasteiger partial charge in [-0.25, -0.2) is 31.9 Å². The third-order valence-corrected chi connectivity index (χ3v) is 5.04. The van der Waals surface area contributed by atoms with E-state index in [4.69, 9.17) is 0 Å². The number of rotatable bonds is 9. The van der Waals surface area contributed by atoms with E-state index in [9.17, 15) is 22.0 Å². The molecule has 1 aliphatic rings. The summed E-state index contributed by atoms with van der Waals surface area (Å²) in [7, 11) is -3.50. The minimum Gasteiger partial charge on any atom is -0.336 e. The van der Waals surface area contributed by atoms with E-state index in [0.29, 0.717) is 22.6 Å². The van der Waals surface area contributed by atoms with Crippen LogP contribution >= 0.6 is 0 Å². The number of alkyl halides is 2. The second-order valence-corrected chi connectivity index (χ2v) is 8.84. The summed E-state index contributed by atoms with van der Waals surface area (Å²) in [6.45, 7) is 3.24. The SMILES string of the molecule is C=N/C=C(/c1nccc(-c2cccc(NC(=O)CNS(C)(=O)=O)c2)n1)N1C=C(C(F)F)N=CC1. The van der Waals surface area contributed by atoms with Gasteiger partial charge in [0.05, 0.1) is 31.2 Å². The normalized spacial score (nSPS) is 14.2. The first-order valence-corrected chi connectivity index (χ1v) is 11.7. The summed E-state index contributed by atoms with van der Waals surface area (Å²) < 4.78 is 50.6. The van der Waals surface area contributed by atoms with Crippen LogP contribution in [0.4, 0.5) is 14.5 Å². The molecule has 2 aromatic rings. The van der Waals surface area contributed by atoms with Gasteiger partial charge in [-0.3, -0.25) is 14.8 Å². The van der Waals surface area contributed by atoms with Gasteiger partial charge in [0.2, 0.25) is 15.9 Å². The Morgan fingerprint density at radius 1 is 1.35 bits per heavy atom. The first-order chi connectivity index (χ1) is 16.2. The van der Waals surface area contributed by atoms with Gasteiger partial charge in [0.1, 0.15) is 11.4 Å². The zero-order valence-corrected chi connectivity index (χ0v) is 18.8. The second-order valence-electron chi connectivity index (χ2n) is 7.00. The highest BCUT2D eigenvalue weighted by Crippen LogP contribution is 2.25. The van der Waals surface area contributed by atoms with E-state index in [1.165, 1.54) is 29.7 Å².